The van der Waals surface area contributed by atoms with Crippen LogP contribution >= 0.6 is 0 Å². The summed E-state index contributed by atoms with van der Waals surface area (Å²) in [5.41, 5.74) is 5.00. The van der Waals surface area contributed by atoms with Gasteiger partial charge in [-0.25, -0.2) is 0 Å². The Morgan fingerprint density at radius 2 is 1.84 bits per heavy atom. The average molecular weight is 337 g/mol. The van der Waals surface area contributed by atoms with Gasteiger partial charge in [-0.3, -0.25) is 9.67 Å². The summed E-state index contributed by atoms with van der Waals surface area (Å²) >= 11 is 0. The molecule has 2 aliphatic carbocycles. The molecule has 0 unspecified atom stereocenters. The summed E-state index contributed by atoms with van der Waals surface area (Å²) in [5, 5.41) is 5.02. The normalized spacial score (nSPS) is 22.2. The SMILES string of the molecule is CN1CCN(c2cccnc2-c2cn(C3CCC3)nc2C2CC2)CC1. The fourth-order valence-corrected chi connectivity index (χ4v) is 3.99. The third kappa shape index (κ3) is 2.84. The second kappa shape index (κ2) is 6.13. The van der Waals surface area contributed by atoms with E-state index in [1.54, 1.807) is 0 Å². The number of piperazine rings is 1. The van der Waals surface area contributed by atoms with E-state index in [0.29, 0.717) is 12.0 Å². The highest BCUT2D eigenvalue weighted by Crippen LogP contribution is 2.46. The summed E-state index contributed by atoms with van der Waals surface area (Å²) in [5.74, 6) is 0.652. The first-order chi connectivity index (χ1) is 12.3. The Bertz CT molecular complexity index is 751. The number of nitrogens with zero attached hydrogens (tertiary/aromatic N) is 5. The molecule has 0 atom stereocenters. The van der Waals surface area contributed by atoms with Gasteiger partial charge < -0.3 is 9.80 Å². The standard InChI is InChI=1S/C20H27N5/c1-23-10-12-24(13-11-23)18-6-3-9-21-20(18)17-14-25(16-4-2-5-16)22-19(17)15-7-8-15/h3,6,9,14-16H,2,4-5,7-8,10-13H2,1H3. The van der Waals surface area contributed by atoms with Crippen LogP contribution in [0.4, 0.5) is 5.69 Å². The van der Waals surface area contributed by atoms with Crippen LogP contribution in [-0.4, -0.2) is 52.9 Å². The molecule has 1 aliphatic heterocycles. The molecule has 0 radical (unpaired) electrons. The van der Waals surface area contributed by atoms with Crippen molar-refractivity contribution in [2.45, 2.75) is 44.1 Å². The second-order valence-corrected chi connectivity index (χ2v) is 7.93. The highest BCUT2D eigenvalue weighted by Gasteiger charge is 2.33. The van der Waals surface area contributed by atoms with Crippen LogP contribution in [0.2, 0.25) is 0 Å². The lowest BCUT2D eigenvalue weighted by atomic mass is 9.93. The van der Waals surface area contributed by atoms with E-state index in [0.717, 1.165) is 31.9 Å². The smallest absolute Gasteiger partial charge is 0.0969 e. The van der Waals surface area contributed by atoms with Crippen molar-refractivity contribution in [3.8, 4) is 11.3 Å². The Morgan fingerprint density at radius 1 is 1.04 bits per heavy atom. The Morgan fingerprint density at radius 3 is 2.52 bits per heavy atom. The summed E-state index contributed by atoms with van der Waals surface area (Å²) in [7, 11) is 2.20. The number of hydrogen-bond donors (Lipinski definition) is 0. The van der Waals surface area contributed by atoms with Gasteiger partial charge in [0.15, 0.2) is 0 Å². The van der Waals surface area contributed by atoms with Gasteiger partial charge in [0.2, 0.25) is 0 Å². The van der Waals surface area contributed by atoms with Crippen molar-refractivity contribution in [2.24, 2.45) is 0 Å². The maximum Gasteiger partial charge on any atom is 0.0969 e. The molecule has 5 heteroatoms. The number of anilines is 1. The Labute approximate surface area is 149 Å². The second-order valence-electron chi connectivity index (χ2n) is 7.93. The molecule has 3 aliphatic rings. The van der Waals surface area contributed by atoms with Crippen LogP contribution in [0, 0.1) is 0 Å². The predicted molar refractivity (Wildman–Crippen MR) is 100 cm³/mol. The van der Waals surface area contributed by atoms with Crippen molar-refractivity contribution in [1.29, 1.82) is 0 Å². The van der Waals surface area contributed by atoms with Gasteiger partial charge in [0.1, 0.15) is 0 Å². The van der Waals surface area contributed by atoms with E-state index in [9.17, 15) is 0 Å². The zero-order valence-corrected chi connectivity index (χ0v) is 15.1. The third-order valence-corrected chi connectivity index (χ3v) is 6.06. The fraction of sp³-hybridized carbons (Fsp3) is 0.600. The molecule has 0 spiro atoms. The number of likely N-dealkylation sites (N-methyl/N-ethyl adjacent to an activating group) is 1. The first-order valence-corrected chi connectivity index (χ1v) is 9.77. The molecule has 0 amide bonds. The lowest BCUT2D eigenvalue weighted by Gasteiger charge is -2.34. The molecule has 2 aromatic heterocycles. The average Bonchev–Trinajstić information content (AvgIpc) is 3.35. The maximum absolute atomic E-state index is 5.02. The molecule has 5 nitrogen and oxygen atoms in total. The van der Waals surface area contributed by atoms with E-state index in [1.807, 2.05) is 6.20 Å². The minimum absolute atomic E-state index is 0.613. The van der Waals surface area contributed by atoms with Gasteiger partial charge in [-0.15, -0.1) is 0 Å². The molecule has 5 rings (SSSR count). The third-order valence-electron chi connectivity index (χ3n) is 6.06. The van der Waals surface area contributed by atoms with Crippen molar-refractivity contribution < 1.29 is 0 Å². The molecule has 3 fully saturated rings. The van der Waals surface area contributed by atoms with Crippen LogP contribution in [0.25, 0.3) is 11.3 Å². The first-order valence-electron chi connectivity index (χ1n) is 9.77. The monoisotopic (exact) mass is 337 g/mol. The minimum Gasteiger partial charge on any atom is -0.367 e. The zero-order valence-electron chi connectivity index (χ0n) is 15.1. The summed E-state index contributed by atoms with van der Waals surface area (Å²) in [6.45, 7) is 4.38. The van der Waals surface area contributed by atoms with E-state index in [4.69, 9.17) is 10.1 Å². The largest absolute Gasteiger partial charge is 0.367 e. The summed E-state index contributed by atoms with van der Waals surface area (Å²) < 4.78 is 2.24. The molecule has 25 heavy (non-hydrogen) atoms. The quantitative estimate of drug-likeness (QED) is 0.858. The van der Waals surface area contributed by atoms with Gasteiger partial charge in [0.05, 0.1) is 23.1 Å². The van der Waals surface area contributed by atoms with Crippen LogP contribution in [-0.2, 0) is 0 Å². The van der Waals surface area contributed by atoms with Crippen molar-refractivity contribution >= 4 is 5.69 Å². The highest BCUT2D eigenvalue weighted by molar-refractivity contribution is 5.77. The van der Waals surface area contributed by atoms with Gasteiger partial charge in [0, 0.05) is 50.1 Å². The van der Waals surface area contributed by atoms with Crippen LogP contribution in [0.15, 0.2) is 24.5 Å². The van der Waals surface area contributed by atoms with Crippen LogP contribution in [0.1, 0.15) is 49.8 Å². The van der Waals surface area contributed by atoms with Crippen LogP contribution in [0.5, 0.6) is 0 Å². The van der Waals surface area contributed by atoms with E-state index >= 15 is 0 Å². The van der Waals surface area contributed by atoms with E-state index < -0.39 is 0 Å². The number of hydrogen-bond acceptors (Lipinski definition) is 4. The molecule has 2 aromatic rings. The topological polar surface area (TPSA) is 37.2 Å². The molecular weight excluding hydrogens is 310 g/mol. The van der Waals surface area contributed by atoms with Gasteiger partial charge in [-0.05, 0) is 51.3 Å². The van der Waals surface area contributed by atoms with Crippen LogP contribution < -0.4 is 4.90 Å². The van der Waals surface area contributed by atoms with E-state index in [-0.39, 0.29) is 0 Å². The van der Waals surface area contributed by atoms with Crippen LogP contribution in [0.3, 0.4) is 0 Å². The summed E-state index contributed by atoms with van der Waals surface area (Å²) in [6.07, 6.45) is 10.7. The summed E-state index contributed by atoms with van der Waals surface area (Å²) in [6, 6.07) is 4.93. The van der Waals surface area contributed by atoms with E-state index in [2.05, 4.69) is 39.9 Å². The van der Waals surface area contributed by atoms with Gasteiger partial charge in [-0.2, -0.15) is 5.10 Å². The Balaban J connectivity index is 1.53. The van der Waals surface area contributed by atoms with Crippen molar-refractivity contribution in [3.05, 3.63) is 30.2 Å². The van der Waals surface area contributed by atoms with Gasteiger partial charge in [0.25, 0.3) is 0 Å². The van der Waals surface area contributed by atoms with Crippen molar-refractivity contribution in [2.75, 3.05) is 38.1 Å². The molecular formula is C20H27N5. The van der Waals surface area contributed by atoms with E-state index in [1.165, 1.54) is 49.0 Å². The molecule has 0 aromatic carbocycles. The molecule has 132 valence electrons. The van der Waals surface area contributed by atoms with Gasteiger partial charge in [-0.1, -0.05) is 0 Å². The molecule has 3 heterocycles. The number of aromatic nitrogens is 3. The number of rotatable bonds is 4. The molecule has 2 saturated carbocycles. The minimum atomic E-state index is 0.613. The summed E-state index contributed by atoms with van der Waals surface area (Å²) in [4.78, 5) is 9.72. The predicted octanol–water partition coefficient (Wildman–Crippen LogP) is 3.30. The molecule has 0 N–H and O–H groups in total. The van der Waals surface area contributed by atoms with Crippen molar-refractivity contribution in [1.82, 2.24) is 19.7 Å². The highest BCUT2D eigenvalue weighted by atomic mass is 15.3. The zero-order chi connectivity index (χ0) is 16.8. The Kier molecular flexibility index (Phi) is 3.77. The number of pyridine rings is 1. The molecule has 0 bridgehead atoms. The first kappa shape index (κ1) is 15.4. The van der Waals surface area contributed by atoms with Gasteiger partial charge >= 0.3 is 0 Å². The fourth-order valence-electron chi connectivity index (χ4n) is 3.99. The maximum atomic E-state index is 5.02. The molecule has 1 saturated heterocycles. The lowest BCUT2D eigenvalue weighted by Crippen LogP contribution is -2.44. The van der Waals surface area contributed by atoms with Crippen molar-refractivity contribution in [3.63, 3.8) is 0 Å². The lowest BCUT2D eigenvalue weighted by molar-refractivity contribution is 0.288. The Hall–Kier alpha value is -1.88.